The summed E-state index contributed by atoms with van der Waals surface area (Å²) in [6, 6.07) is 17.4. The van der Waals surface area contributed by atoms with Crippen LogP contribution in [0.4, 0.5) is 5.69 Å². The number of thiocarbonyl (C=S) groups is 1. The Labute approximate surface area is 189 Å². The van der Waals surface area contributed by atoms with Gasteiger partial charge in [0, 0.05) is 24.6 Å². The van der Waals surface area contributed by atoms with E-state index < -0.39 is 0 Å². The molecule has 0 bridgehead atoms. The van der Waals surface area contributed by atoms with E-state index in [0.717, 1.165) is 24.3 Å². The van der Waals surface area contributed by atoms with Crippen LogP contribution in [0.25, 0.3) is 0 Å². The molecule has 2 rings (SSSR count). The highest BCUT2D eigenvalue weighted by atomic mass is 32.1. The van der Waals surface area contributed by atoms with E-state index in [-0.39, 0.29) is 35.9 Å². The molecule has 31 heavy (non-hydrogen) atoms. The molecule has 166 valence electrons. The molecule has 1 amide bonds. The fourth-order valence-electron chi connectivity index (χ4n) is 2.84. The molecule has 0 saturated carbocycles. The minimum Gasteiger partial charge on any atom is -0.491 e. The summed E-state index contributed by atoms with van der Waals surface area (Å²) in [5, 5.41) is 5.79. The van der Waals surface area contributed by atoms with Gasteiger partial charge in [0.05, 0.1) is 12.7 Å². The maximum atomic E-state index is 12.0. The van der Waals surface area contributed by atoms with Crippen molar-refractivity contribution in [1.82, 2.24) is 5.32 Å². The third kappa shape index (κ3) is 10.6. The van der Waals surface area contributed by atoms with Crippen LogP contribution in [0.15, 0.2) is 54.6 Å². The zero-order chi connectivity index (χ0) is 22.5. The third-order valence-electron chi connectivity index (χ3n) is 4.22. The molecule has 0 aliphatic carbocycles. The number of hydrogen-bond acceptors (Lipinski definition) is 5. The van der Waals surface area contributed by atoms with E-state index in [1.54, 1.807) is 0 Å². The van der Waals surface area contributed by atoms with E-state index in [1.807, 2.05) is 56.3 Å². The zero-order valence-corrected chi connectivity index (χ0v) is 18.9. The van der Waals surface area contributed by atoms with Crippen LogP contribution in [0.1, 0.15) is 45.1 Å². The van der Waals surface area contributed by atoms with E-state index in [9.17, 15) is 9.59 Å². The second kappa shape index (κ2) is 13.4. The van der Waals surface area contributed by atoms with Gasteiger partial charge in [0.15, 0.2) is 5.11 Å². The molecule has 0 saturated heterocycles. The minimum atomic E-state index is -0.288. The second-order valence-corrected chi connectivity index (χ2v) is 7.77. The number of aryl methyl sites for hydroxylation is 1. The van der Waals surface area contributed by atoms with Crippen molar-refractivity contribution in [3.8, 4) is 5.75 Å². The maximum Gasteiger partial charge on any atom is 0.305 e. The van der Waals surface area contributed by atoms with Gasteiger partial charge in [-0.25, -0.2) is 0 Å². The van der Waals surface area contributed by atoms with E-state index in [0.29, 0.717) is 13.0 Å². The Morgan fingerprint density at radius 2 is 1.77 bits per heavy atom. The van der Waals surface area contributed by atoms with Gasteiger partial charge in [-0.05, 0) is 63.0 Å². The lowest BCUT2D eigenvalue weighted by atomic mass is 10.1. The number of amides is 1. The summed E-state index contributed by atoms with van der Waals surface area (Å²) in [5.41, 5.74) is 1.95. The number of anilines is 1. The number of carbonyl (C=O) groups excluding carboxylic acids is 2. The molecule has 2 aromatic carbocycles. The Morgan fingerprint density at radius 1 is 1.00 bits per heavy atom. The Bertz CT molecular complexity index is 856. The highest BCUT2D eigenvalue weighted by Crippen LogP contribution is 2.18. The fraction of sp³-hybridized carbons (Fsp3) is 0.375. The van der Waals surface area contributed by atoms with Gasteiger partial charge in [-0.15, -0.1) is 0 Å². The van der Waals surface area contributed by atoms with Crippen molar-refractivity contribution in [2.75, 3.05) is 11.9 Å². The fourth-order valence-corrected chi connectivity index (χ4v) is 3.07. The highest BCUT2D eigenvalue weighted by Gasteiger charge is 2.09. The van der Waals surface area contributed by atoms with Gasteiger partial charge in [-0.1, -0.05) is 36.4 Å². The van der Waals surface area contributed by atoms with Gasteiger partial charge in [-0.2, -0.15) is 0 Å². The number of carbonyl (C=O) groups is 2. The van der Waals surface area contributed by atoms with Crippen molar-refractivity contribution >= 4 is 34.9 Å². The molecule has 7 heteroatoms. The summed E-state index contributed by atoms with van der Waals surface area (Å²) < 4.78 is 10.9. The molecule has 0 aliphatic heterocycles. The third-order valence-corrected chi connectivity index (χ3v) is 4.42. The predicted molar refractivity (Wildman–Crippen MR) is 126 cm³/mol. The van der Waals surface area contributed by atoms with Crippen molar-refractivity contribution in [1.29, 1.82) is 0 Å². The molecule has 0 unspecified atom stereocenters. The first-order valence-corrected chi connectivity index (χ1v) is 10.9. The molecule has 0 aromatic heterocycles. The van der Waals surface area contributed by atoms with Crippen molar-refractivity contribution in [3.05, 3.63) is 60.2 Å². The Hall–Kier alpha value is -2.93. The van der Waals surface area contributed by atoms with Crippen molar-refractivity contribution in [2.45, 2.75) is 52.1 Å². The van der Waals surface area contributed by atoms with Crippen molar-refractivity contribution in [2.24, 2.45) is 0 Å². The van der Waals surface area contributed by atoms with Gasteiger partial charge in [-0.3, -0.25) is 9.59 Å². The van der Waals surface area contributed by atoms with Crippen molar-refractivity contribution < 1.29 is 19.1 Å². The normalized spacial score (nSPS) is 10.4. The van der Waals surface area contributed by atoms with Gasteiger partial charge in [0.25, 0.3) is 0 Å². The Balaban J connectivity index is 1.58. The number of ether oxygens (including phenoxy) is 2. The second-order valence-electron chi connectivity index (χ2n) is 7.36. The van der Waals surface area contributed by atoms with E-state index in [4.69, 9.17) is 21.7 Å². The van der Waals surface area contributed by atoms with Gasteiger partial charge >= 0.3 is 5.97 Å². The molecule has 0 aliphatic rings. The molecule has 0 spiro atoms. The Morgan fingerprint density at radius 3 is 2.52 bits per heavy atom. The summed E-state index contributed by atoms with van der Waals surface area (Å²) in [6.45, 7) is 4.28. The standard InChI is InChI=1S/C24H30N2O4S/c1-18(2)30-21-13-6-12-20(17-21)25-24(31)26-22(27)14-7-15-23(28)29-16-8-11-19-9-4-3-5-10-19/h3-6,9-10,12-13,17-18H,7-8,11,14-16H2,1-2H3,(H2,25,26,27,31). The number of rotatable bonds is 11. The molecule has 0 fully saturated rings. The van der Waals surface area contributed by atoms with Crippen molar-refractivity contribution in [3.63, 3.8) is 0 Å². The SMILES string of the molecule is CC(C)Oc1cccc(NC(=S)NC(=O)CCCC(=O)OCCCc2ccccc2)c1. The van der Waals surface area contributed by atoms with Gasteiger partial charge < -0.3 is 20.1 Å². The van der Waals surface area contributed by atoms with Gasteiger partial charge in [0.2, 0.25) is 5.91 Å². The van der Waals surface area contributed by atoms with Crippen LogP contribution in [-0.4, -0.2) is 29.7 Å². The van der Waals surface area contributed by atoms with Crippen LogP contribution in [0.3, 0.4) is 0 Å². The summed E-state index contributed by atoms with van der Waals surface area (Å²) in [4.78, 5) is 23.8. The number of hydrogen-bond donors (Lipinski definition) is 2. The molecular weight excluding hydrogens is 412 g/mol. The van der Waals surface area contributed by atoms with Crippen LogP contribution in [-0.2, 0) is 20.7 Å². The summed E-state index contributed by atoms with van der Waals surface area (Å²) in [5.74, 6) is 0.184. The van der Waals surface area contributed by atoms with Crippen LogP contribution in [0.2, 0.25) is 0 Å². The minimum absolute atomic E-state index is 0.0671. The molecule has 2 N–H and O–H groups in total. The average molecular weight is 443 g/mol. The molecule has 0 atom stereocenters. The van der Waals surface area contributed by atoms with E-state index >= 15 is 0 Å². The highest BCUT2D eigenvalue weighted by molar-refractivity contribution is 7.80. The van der Waals surface area contributed by atoms with Crippen LogP contribution >= 0.6 is 12.2 Å². The first-order valence-electron chi connectivity index (χ1n) is 10.5. The largest absolute Gasteiger partial charge is 0.491 e. The molecule has 0 radical (unpaired) electrons. The maximum absolute atomic E-state index is 12.0. The average Bonchev–Trinajstić information content (AvgIpc) is 2.71. The Kier molecular flexibility index (Phi) is 10.5. The monoisotopic (exact) mass is 442 g/mol. The summed E-state index contributed by atoms with van der Waals surface area (Å²) in [6.07, 6.45) is 2.51. The van der Waals surface area contributed by atoms with Crippen LogP contribution < -0.4 is 15.4 Å². The lowest BCUT2D eigenvalue weighted by Gasteiger charge is -2.13. The van der Waals surface area contributed by atoms with Crippen LogP contribution in [0, 0.1) is 0 Å². The predicted octanol–water partition coefficient (Wildman–Crippen LogP) is 4.63. The first kappa shape index (κ1) is 24.3. The number of nitrogens with one attached hydrogen (secondary N) is 2. The smallest absolute Gasteiger partial charge is 0.305 e. The zero-order valence-electron chi connectivity index (χ0n) is 18.1. The topological polar surface area (TPSA) is 76.7 Å². The molecule has 6 nitrogen and oxygen atoms in total. The lowest BCUT2D eigenvalue weighted by molar-refractivity contribution is -0.143. The molecule has 0 heterocycles. The molecular formula is C24H30N2O4S. The number of esters is 1. The lowest BCUT2D eigenvalue weighted by Crippen LogP contribution is -2.34. The quantitative estimate of drug-likeness (QED) is 0.300. The first-order chi connectivity index (χ1) is 14.9. The number of benzene rings is 2. The molecule has 2 aromatic rings. The summed E-state index contributed by atoms with van der Waals surface area (Å²) >= 11 is 5.18. The van der Waals surface area contributed by atoms with E-state index in [1.165, 1.54) is 5.56 Å². The van der Waals surface area contributed by atoms with E-state index in [2.05, 4.69) is 22.8 Å². The van der Waals surface area contributed by atoms with Crippen LogP contribution in [0.5, 0.6) is 5.75 Å². The van der Waals surface area contributed by atoms with Gasteiger partial charge in [0.1, 0.15) is 5.75 Å². The summed E-state index contributed by atoms with van der Waals surface area (Å²) in [7, 11) is 0.